The van der Waals surface area contributed by atoms with Gasteiger partial charge in [0, 0.05) is 17.2 Å². The van der Waals surface area contributed by atoms with E-state index in [1.54, 1.807) is 36.4 Å². The van der Waals surface area contributed by atoms with E-state index in [-0.39, 0.29) is 16.8 Å². The third kappa shape index (κ3) is 5.28. The number of rotatable bonds is 7. The molecular formula is C22H16F3N3O4. The normalized spacial score (nSPS) is 12.0. The average molecular weight is 443 g/mol. The van der Waals surface area contributed by atoms with Gasteiger partial charge < -0.3 is 10.6 Å². The van der Waals surface area contributed by atoms with Gasteiger partial charge in [0.25, 0.3) is 11.6 Å². The van der Waals surface area contributed by atoms with Crippen molar-refractivity contribution >= 4 is 23.1 Å². The van der Waals surface area contributed by atoms with Gasteiger partial charge in [0.1, 0.15) is 5.69 Å². The lowest BCUT2D eigenvalue weighted by Gasteiger charge is -2.21. The first-order valence-electron chi connectivity index (χ1n) is 9.24. The van der Waals surface area contributed by atoms with Crippen molar-refractivity contribution in [1.29, 1.82) is 0 Å². The monoisotopic (exact) mass is 443 g/mol. The standard InChI is InChI=1S/C22H16F3N3O4/c23-22(24,25)16-11-12-17(18(13-16)28(31)32)26-20(19(29)14-7-3-1-4-8-14)27-21(30)15-9-5-2-6-10-15/h1-13,20,26H,(H,27,30)/t20-/m1/s1. The second-order valence-corrected chi connectivity index (χ2v) is 6.63. The van der Waals surface area contributed by atoms with Gasteiger partial charge in [-0.15, -0.1) is 0 Å². The molecule has 0 aliphatic carbocycles. The van der Waals surface area contributed by atoms with Crippen LogP contribution >= 0.6 is 0 Å². The van der Waals surface area contributed by atoms with Crippen molar-refractivity contribution in [3.05, 3.63) is 106 Å². The summed E-state index contributed by atoms with van der Waals surface area (Å²) in [5.41, 5.74) is -2.05. The minimum Gasteiger partial charge on any atom is -0.353 e. The lowest BCUT2D eigenvalue weighted by molar-refractivity contribution is -0.384. The molecule has 0 heterocycles. The fraction of sp³-hybridized carbons (Fsp3) is 0.0909. The number of amides is 1. The summed E-state index contributed by atoms with van der Waals surface area (Å²) in [5, 5.41) is 16.4. The zero-order chi connectivity index (χ0) is 23.3. The van der Waals surface area contributed by atoms with Gasteiger partial charge in [0.2, 0.25) is 5.78 Å². The molecular weight excluding hydrogens is 427 g/mol. The summed E-state index contributed by atoms with van der Waals surface area (Å²) in [6.45, 7) is 0. The number of Topliss-reactive ketones (excluding diaryl/α,β-unsaturated/α-hetero) is 1. The summed E-state index contributed by atoms with van der Waals surface area (Å²) >= 11 is 0. The molecule has 0 aliphatic heterocycles. The highest BCUT2D eigenvalue weighted by Gasteiger charge is 2.34. The molecule has 0 saturated carbocycles. The Labute approximate surface area is 180 Å². The highest BCUT2D eigenvalue weighted by molar-refractivity contribution is 6.05. The predicted molar refractivity (Wildman–Crippen MR) is 110 cm³/mol. The molecule has 3 aromatic rings. The predicted octanol–water partition coefficient (Wildman–Crippen LogP) is 4.66. The van der Waals surface area contributed by atoms with Crippen LogP contribution in [-0.2, 0) is 6.18 Å². The van der Waals surface area contributed by atoms with E-state index in [9.17, 15) is 32.9 Å². The minimum absolute atomic E-state index is 0.188. The molecule has 3 aromatic carbocycles. The Hall–Kier alpha value is -4.21. The molecule has 0 unspecified atom stereocenters. The molecule has 0 spiro atoms. The molecule has 32 heavy (non-hydrogen) atoms. The maximum Gasteiger partial charge on any atom is 0.416 e. The molecule has 0 radical (unpaired) electrons. The quantitative estimate of drug-likeness (QED) is 0.239. The number of alkyl halides is 3. The number of halogens is 3. The van der Waals surface area contributed by atoms with Crippen LogP contribution in [0, 0.1) is 10.1 Å². The zero-order valence-electron chi connectivity index (χ0n) is 16.3. The van der Waals surface area contributed by atoms with Gasteiger partial charge in [-0.3, -0.25) is 19.7 Å². The summed E-state index contributed by atoms with van der Waals surface area (Å²) in [7, 11) is 0. The van der Waals surface area contributed by atoms with Crippen molar-refractivity contribution in [3.8, 4) is 0 Å². The van der Waals surface area contributed by atoms with E-state index >= 15 is 0 Å². The Bertz CT molecular complexity index is 1140. The SMILES string of the molecule is O=C(N[C@@H](Nc1ccc(C(F)(F)F)cc1[N+](=O)[O-])C(=O)c1ccccc1)c1ccccc1. The Morgan fingerprint density at radius 1 is 0.875 bits per heavy atom. The van der Waals surface area contributed by atoms with Gasteiger partial charge >= 0.3 is 6.18 Å². The third-order valence-electron chi connectivity index (χ3n) is 4.45. The number of benzene rings is 3. The van der Waals surface area contributed by atoms with E-state index in [0.717, 1.165) is 6.07 Å². The summed E-state index contributed by atoms with van der Waals surface area (Å²) in [5.74, 6) is -1.29. The van der Waals surface area contributed by atoms with Gasteiger partial charge in [-0.2, -0.15) is 13.2 Å². The van der Waals surface area contributed by atoms with Crippen molar-refractivity contribution in [3.63, 3.8) is 0 Å². The van der Waals surface area contributed by atoms with E-state index in [0.29, 0.717) is 12.1 Å². The number of carbonyl (C=O) groups excluding carboxylic acids is 2. The molecule has 0 fully saturated rings. The summed E-state index contributed by atoms with van der Waals surface area (Å²) < 4.78 is 38.9. The lowest BCUT2D eigenvalue weighted by Crippen LogP contribution is -2.46. The maximum absolute atomic E-state index is 13.0. The van der Waals surface area contributed by atoms with Crippen LogP contribution in [0.1, 0.15) is 26.3 Å². The molecule has 7 nitrogen and oxygen atoms in total. The van der Waals surface area contributed by atoms with E-state index in [1.165, 1.54) is 24.3 Å². The molecule has 3 rings (SSSR count). The minimum atomic E-state index is -4.79. The first-order valence-corrected chi connectivity index (χ1v) is 9.24. The average Bonchev–Trinajstić information content (AvgIpc) is 2.78. The zero-order valence-corrected chi connectivity index (χ0v) is 16.3. The summed E-state index contributed by atoms with van der Waals surface area (Å²) in [6, 6.07) is 17.6. The number of nitrogens with zero attached hydrogens (tertiary/aromatic N) is 1. The van der Waals surface area contributed by atoms with Crippen LogP contribution in [0.5, 0.6) is 0 Å². The molecule has 2 N–H and O–H groups in total. The van der Waals surface area contributed by atoms with Crippen LogP contribution in [-0.4, -0.2) is 22.8 Å². The van der Waals surface area contributed by atoms with Crippen LogP contribution in [0.25, 0.3) is 0 Å². The Morgan fingerprint density at radius 3 is 1.97 bits per heavy atom. The largest absolute Gasteiger partial charge is 0.416 e. The van der Waals surface area contributed by atoms with Gasteiger partial charge in [0.05, 0.1) is 10.5 Å². The van der Waals surface area contributed by atoms with E-state index in [4.69, 9.17) is 0 Å². The van der Waals surface area contributed by atoms with Gasteiger partial charge in [-0.25, -0.2) is 0 Å². The second-order valence-electron chi connectivity index (χ2n) is 6.63. The van der Waals surface area contributed by atoms with Crippen LogP contribution in [0.15, 0.2) is 78.9 Å². The maximum atomic E-state index is 13.0. The summed E-state index contributed by atoms with van der Waals surface area (Å²) in [6.07, 6.45) is -6.27. The molecule has 0 saturated heterocycles. The molecule has 1 amide bonds. The fourth-order valence-corrected chi connectivity index (χ4v) is 2.88. The van der Waals surface area contributed by atoms with Crippen molar-refractivity contribution in [2.24, 2.45) is 0 Å². The van der Waals surface area contributed by atoms with Crippen LogP contribution < -0.4 is 10.6 Å². The number of nitro benzene ring substituents is 1. The number of anilines is 1. The Morgan fingerprint density at radius 2 is 1.44 bits per heavy atom. The Kier molecular flexibility index (Phi) is 6.53. The van der Waals surface area contributed by atoms with Crippen molar-refractivity contribution < 1.29 is 27.7 Å². The second kappa shape index (κ2) is 9.29. The van der Waals surface area contributed by atoms with Crippen LogP contribution in [0.4, 0.5) is 24.5 Å². The number of nitro groups is 1. The lowest BCUT2D eigenvalue weighted by atomic mass is 10.1. The van der Waals surface area contributed by atoms with Crippen molar-refractivity contribution in [2.75, 3.05) is 5.32 Å². The van der Waals surface area contributed by atoms with Gasteiger partial charge in [0.15, 0.2) is 6.17 Å². The van der Waals surface area contributed by atoms with Crippen molar-refractivity contribution in [2.45, 2.75) is 12.3 Å². The van der Waals surface area contributed by atoms with E-state index < -0.39 is 40.2 Å². The number of carbonyl (C=O) groups is 2. The molecule has 10 heteroatoms. The molecule has 1 atom stereocenters. The molecule has 0 aromatic heterocycles. The van der Waals surface area contributed by atoms with Crippen LogP contribution in [0.2, 0.25) is 0 Å². The highest BCUT2D eigenvalue weighted by atomic mass is 19.4. The Balaban J connectivity index is 1.97. The highest BCUT2D eigenvalue weighted by Crippen LogP contribution is 2.35. The molecule has 164 valence electrons. The third-order valence-corrected chi connectivity index (χ3v) is 4.45. The number of nitrogens with one attached hydrogen (secondary N) is 2. The number of ketones is 1. The van der Waals surface area contributed by atoms with Crippen LogP contribution in [0.3, 0.4) is 0 Å². The van der Waals surface area contributed by atoms with E-state index in [1.807, 2.05) is 0 Å². The molecule has 0 bridgehead atoms. The van der Waals surface area contributed by atoms with Gasteiger partial charge in [-0.05, 0) is 24.3 Å². The van der Waals surface area contributed by atoms with E-state index in [2.05, 4.69) is 10.6 Å². The van der Waals surface area contributed by atoms with Crippen molar-refractivity contribution in [1.82, 2.24) is 5.32 Å². The smallest absolute Gasteiger partial charge is 0.353 e. The first kappa shape index (κ1) is 22.5. The summed E-state index contributed by atoms with van der Waals surface area (Å²) in [4.78, 5) is 36.0. The van der Waals surface area contributed by atoms with Gasteiger partial charge in [-0.1, -0.05) is 48.5 Å². The fourth-order valence-electron chi connectivity index (χ4n) is 2.88. The topological polar surface area (TPSA) is 101 Å². The number of hydrogen-bond donors (Lipinski definition) is 2. The number of hydrogen-bond acceptors (Lipinski definition) is 5. The molecule has 0 aliphatic rings. The first-order chi connectivity index (χ1) is 15.2.